The molecule has 174 valence electrons. The lowest BCUT2D eigenvalue weighted by atomic mass is 9.80. The second-order valence-electron chi connectivity index (χ2n) is 9.73. The highest BCUT2D eigenvalue weighted by molar-refractivity contribution is 6.35. The van der Waals surface area contributed by atoms with Gasteiger partial charge in [0.15, 0.2) is 0 Å². The molecule has 2 N–H and O–H groups in total. The van der Waals surface area contributed by atoms with E-state index in [1.165, 1.54) is 0 Å². The van der Waals surface area contributed by atoms with E-state index in [1.54, 1.807) is 12.1 Å². The van der Waals surface area contributed by atoms with Gasteiger partial charge in [0, 0.05) is 29.1 Å². The summed E-state index contributed by atoms with van der Waals surface area (Å²) in [6.45, 7) is 2.90. The quantitative estimate of drug-likeness (QED) is 0.643. The number of benzene rings is 2. The zero-order valence-electron chi connectivity index (χ0n) is 18.6. The highest BCUT2D eigenvalue weighted by atomic mass is 35.5. The molecule has 6 rings (SSSR count). The molecule has 4 aliphatic rings. The Morgan fingerprint density at radius 3 is 2.33 bits per heavy atom. The zero-order chi connectivity index (χ0) is 23.2. The average molecular weight is 486 g/mol. The highest BCUT2D eigenvalue weighted by Gasteiger charge is 2.57. The molecule has 3 aliphatic heterocycles. The minimum atomic E-state index is -0.710. The van der Waals surface area contributed by atoms with E-state index < -0.39 is 17.4 Å². The van der Waals surface area contributed by atoms with Crippen LogP contribution in [0.5, 0.6) is 0 Å². The Hall–Kier alpha value is -2.08. The molecule has 1 aliphatic carbocycles. The smallest absolute Gasteiger partial charge is 0.240 e. The summed E-state index contributed by atoms with van der Waals surface area (Å²) in [6, 6.07) is 14.4. The first kappa shape index (κ1) is 22.7. The minimum absolute atomic E-state index is 0.0230. The first-order valence-electron chi connectivity index (χ1n) is 11.7. The Morgan fingerprint density at radius 2 is 1.79 bits per heavy atom. The van der Waals surface area contributed by atoms with Crippen molar-refractivity contribution in [2.24, 2.45) is 11.7 Å². The molecule has 2 atom stereocenters. The number of primary amides is 1. The molecule has 2 amide bonds. The van der Waals surface area contributed by atoms with Crippen LogP contribution in [0.3, 0.4) is 0 Å². The van der Waals surface area contributed by atoms with Gasteiger partial charge in [0.05, 0.1) is 5.41 Å². The molecule has 3 heterocycles. The Morgan fingerprint density at radius 1 is 1.09 bits per heavy atom. The summed E-state index contributed by atoms with van der Waals surface area (Å²) in [7, 11) is 0. The molecule has 2 bridgehead atoms. The van der Waals surface area contributed by atoms with Crippen molar-refractivity contribution in [3.05, 3.63) is 69.7 Å². The normalized spacial score (nSPS) is 25.9. The van der Waals surface area contributed by atoms with Crippen molar-refractivity contribution < 1.29 is 9.59 Å². The summed E-state index contributed by atoms with van der Waals surface area (Å²) in [5, 5.41) is 1.04. The zero-order valence-corrected chi connectivity index (χ0v) is 20.1. The van der Waals surface area contributed by atoms with E-state index in [4.69, 9.17) is 28.9 Å². The number of halogens is 2. The minimum Gasteiger partial charge on any atom is -0.368 e. The number of hydrogen-bond acceptors (Lipinski definition) is 3. The van der Waals surface area contributed by atoms with Gasteiger partial charge in [-0.3, -0.25) is 9.59 Å². The van der Waals surface area contributed by atoms with Crippen molar-refractivity contribution >= 4 is 35.0 Å². The van der Waals surface area contributed by atoms with Gasteiger partial charge in [-0.1, -0.05) is 59.6 Å². The molecule has 2 aromatic carbocycles. The predicted octanol–water partition coefficient (Wildman–Crippen LogP) is 4.04. The predicted molar refractivity (Wildman–Crippen MR) is 130 cm³/mol. The van der Waals surface area contributed by atoms with Crippen molar-refractivity contribution in [1.29, 1.82) is 0 Å². The van der Waals surface area contributed by atoms with E-state index in [9.17, 15) is 9.59 Å². The number of carbonyl (C=O) groups is 2. The van der Waals surface area contributed by atoms with Crippen LogP contribution in [0.2, 0.25) is 10.0 Å². The Kier molecular flexibility index (Phi) is 6.15. The van der Waals surface area contributed by atoms with Crippen LogP contribution < -0.4 is 5.73 Å². The number of nitrogens with zero attached hydrogens (tertiary/aromatic N) is 2. The summed E-state index contributed by atoms with van der Waals surface area (Å²) in [5.74, 6) is -0.0973. The van der Waals surface area contributed by atoms with Crippen LogP contribution in [0, 0.1) is 5.92 Å². The molecule has 0 spiro atoms. The maximum absolute atomic E-state index is 14.4. The standard InChI is InChI=1S/C26H29Cl2N3O2/c27-19-6-7-20(21(28)15-19)26(10-11-26)25(33)31(23-16-30-12-8-18(23)9-13-30)22(24(29)32)14-17-4-2-1-3-5-17/h1-7,15,18,22-23H,8-14,16H2,(H2,29,32)/t22-,23+/m0/s1. The fourth-order valence-electron chi connectivity index (χ4n) is 5.79. The molecule has 0 aromatic heterocycles. The first-order valence-corrected chi connectivity index (χ1v) is 12.5. The maximum atomic E-state index is 14.4. The van der Waals surface area contributed by atoms with Crippen LogP contribution in [-0.4, -0.2) is 53.3 Å². The van der Waals surface area contributed by atoms with Gasteiger partial charge in [-0.15, -0.1) is 0 Å². The monoisotopic (exact) mass is 485 g/mol. The van der Waals surface area contributed by atoms with Gasteiger partial charge in [-0.25, -0.2) is 0 Å². The lowest BCUT2D eigenvalue weighted by Crippen LogP contribution is -2.65. The highest BCUT2D eigenvalue weighted by Crippen LogP contribution is 2.53. The van der Waals surface area contributed by atoms with Gasteiger partial charge >= 0.3 is 0 Å². The van der Waals surface area contributed by atoms with Crippen LogP contribution in [-0.2, 0) is 21.4 Å². The van der Waals surface area contributed by atoms with Gasteiger partial charge in [-0.2, -0.15) is 0 Å². The van der Waals surface area contributed by atoms with Gasteiger partial charge in [0.1, 0.15) is 6.04 Å². The Labute approximate surface area is 204 Å². The van der Waals surface area contributed by atoms with Crippen molar-refractivity contribution in [2.45, 2.75) is 49.6 Å². The van der Waals surface area contributed by atoms with Gasteiger partial charge in [0.2, 0.25) is 11.8 Å². The largest absolute Gasteiger partial charge is 0.368 e. The molecule has 7 heteroatoms. The average Bonchev–Trinajstić information content (AvgIpc) is 3.62. The van der Waals surface area contributed by atoms with Crippen LogP contribution in [0.1, 0.15) is 36.8 Å². The van der Waals surface area contributed by atoms with E-state index >= 15 is 0 Å². The van der Waals surface area contributed by atoms with Crippen molar-refractivity contribution in [1.82, 2.24) is 9.80 Å². The molecule has 5 nitrogen and oxygen atoms in total. The molecular weight excluding hydrogens is 457 g/mol. The summed E-state index contributed by atoms with van der Waals surface area (Å²) in [6.07, 6.45) is 3.92. The summed E-state index contributed by atoms with van der Waals surface area (Å²) >= 11 is 12.7. The molecule has 1 saturated carbocycles. The second-order valence-corrected chi connectivity index (χ2v) is 10.6. The van der Waals surface area contributed by atoms with E-state index in [1.807, 2.05) is 41.3 Å². The third-order valence-electron chi connectivity index (χ3n) is 7.76. The number of amides is 2. The Balaban J connectivity index is 1.54. The third kappa shape index (κ3) is 4.27. The molecule has 3 saturated heterocycles. The number of piperidine rings is 3. The van der Waals surface area contributed by atoms with E-state index in [2.05, 4.69) is 4.90 Å². The molecule has 4 fully saturated rings. The van der Waals surface area contributed by atoms with Gasteiger partial charge in [-0.05, 0) is 68.0 Å². The van der Waals surface area contributed by atoms with E-state index in [0.29, 0.717) is 35.2 Å². The second kappa shape index (κ2) is 8.94. The van der Waals surface area contributed by atoms with Crippen LogP contribution in [0.25, 0.3) is 0 Å². The number of hydrogen-bond donors (Lipinski definition) is 1. The number of carbonyl (C=O) groups excluding carboxylic acids is 2. The summed E-state index contributed by atoms with van der Waals surface area (Å²) < 4.78 is 0. The number of nitrogens with two attached hydrogens (primary N) is 1. The number of rotatable bonds is 7. The number of fused-ring (bicyclic) bond motifs is 3. The Bertz CT molecular complexity index is 1050. The van der Waals surface area contributed by atoms with Crippen molar-refractivity contribution in [2.75, 3.05) is 19.6 Å². The summed E-state index contributed by atoms with van der Waals surface area (Å²) in [4.78, 5) is 31.5. The molecular formula is C26H29Cl2N3O2. The fourth-order valence-corrected chi connectivity index (χ4v) is 6.38. The molecule has 0 unspecified atom stereocenters. The van der Waals surface area contributed by atoms with Crippen molar-refractivity contribution in [3.63, 3.8) is 0 Å². The third-order valence-corrected chi connectivity index (χ3v) is 8.30. The van der Waals surface area contributed by atoms with Gasteiger partial charge in [0.25, 0.3) is 0 Å². The molecule has 2 aromatic rings. The lowest BCUT2D eigenvalue weighted by Gasteiger charge is -2.51. The first-order chi connectivity index (χ1) is 15.9. The van der Waals surface area contributed by atoms with Crippen LogP contribution in [0.15, 0.2) is 48.5 Å². The van der Waals surface area contributed by atoms with Gasteiger partial charge < -0.3 is 15.5 Å². The molecule has 33 heavy (non-hydrogen) atoms. The van der Waals surface area contributed by atoms with Crippen LogP contribution >= 0.6 is 23.2 Å². The maximum Gasteiger partial charge on any atom is 0.240 e. The lowest BCUT2D eigenvalue weighted by molar-refractivity contribution is -0.149. The van der Waals surface area contributed by atoms with E-state index in [-0.39, 0.29) is 11.9 Å². The van der Waals surface area contributed by atoms with E-state index in [0.717, 1.165) is 43.6 Å². The molecule has 0 radical (unpaired) electrons. The SMILES string of the molecule is NC(=O)[C@H](Cc1ccccc1)N(C(=O)C1(c2ccc(Cl)cc2Cl)CC1)[C@@H]1CN2CCC1CC2. The summed E-state index contributed by atoms with van der Waals surface area (Å²) in [5.41, 5.74) is 7.07. The van der Waals surface area contributed by atoms with Crippen LogP contribution in [0.4, 0.5) is 0 Å². The fraction of sp³-hybridized carbons (Fsp3) is 0.462. The topological polar surface area (TPSA) is 66.6 Å². The van der Waals surface area contributed by atoms with Crippen molar-refractivity contribution in [3.8, 4) is 0 Å².